The standard InChI is InChI=1S/C31H32F2N4O6/c1-18-9-10-31(12-22(16-38)37(43-31)13-20-7-8-21(32)11-24(20)33)25-15-35(18)30(41)26-28(42-17-19-5-3-2-4-6-19)27(39)23(29(34)40)14-36(25)26/h2-8,11,14,18,22,25,38H,9-10,12-13,15-17H2,1H3,(H2,34,40)/t18-,22+,25-,31+/m1/s1. The second-order valence-corrected chi connectivity index (χ2v) is 11.5. The molecule has 43 heavy (non-hydrogen) atoms. The molecule has 0 saturated carbocycles. The molecule has 2 amide bonds. The normalized spacial score (nSPS) is 25.1. The summed E-state index contributed by atoms with van der Waals surface area (Å²) in [5.41, 5.74) is 4.44. The highest BCUT2D eigenvalue weighted by atomic mass is 19.1. The summed E-state index contributed by atoms with van der Waals surface area (Å²) in [6.45, 7) is 1.73. The number of carbonyl (C=O) groups is 2. The molecule has 2 fully saturated rings. The Morgan fingerprint density at radius 3 is 2.65 bits per heavy atom. The summed E-state index contributed by atoms with van der Waals surface area (Å²) in [5, 5.41) is 11.8. The van der Waals surface area contributed by atoms with Crippen LogP contribution >= 0.6 is 0 Å². The van der Waals surface area contributed by atoms with E-state index in [1.165, 1.54) is 17.3 Å². The quantitative estimate of drug-likeness (QED) is 0.431. The van der Waals surface area contributed by atoms with E-state index in [0.29, 0.717) is 19.3 Å². The Morgan fingerprint density at radius 2 is 1.95 bits per heavy atom. The van der Waals surface area contributed by atoms with Crippen LogP contribution in [0.1, 0.15) is 64.2 Å². The third-order valence-electron chi connectivity index (χ3n) is 8.82. The van der Waals surface area contributed by atoms with Gasteiger partial charge in [-0.25, -0.2) is 8.78 Å². The highest BCUT2D eigenvalue weighted by molar-refractivity contribution is 5.99. The van der Waals surface area contributed by atoms with Crippen LogP contribution in [0.3, 0.4) is 0 Å². The monoisotopic (exact) mass is 594 g/mol. The number of hydrogen-bond acceptors (Lipinski definition) is 7. The van der Waals surface area contributed by atoms with E-state index >= 15 is 0 Å². The summed E-state index contributed by atoms with van der Waals surface area (Å²) in [6, 6.07) is 11.0. The number of aliphatic hydroxyl groups excluding tert-OH is 1. The molecule has 6 rings (SSSR count). The van der Waals surface area contributed by atoms with Crippen LogP contribution in [-0.4, -0.2) is 62.3 Å². The molecule has 1 spiro atoms. The molecule has 4 heterocycles. The van der Waals surface area contributed by atoms with Gasteiger partial charge in [-0.2, -0.15) is 5.06 Å². The van der Waals surface area contributed by atoms with Gasteiger partial charge in [-0.05, 0) is 31.4 Å². The Balaban J connectivity index is 1.45. The molecule has 12 heteroatoms. The molecule has 2 aromatic carbocycles. The molecule has 2 bridgehead atoms. The fourth-order valence-corrected chi connectivity index (χ4v) is 6.50. The van der Waals surface area contributed by atoms with Crippen molar-refractivity contribution < 1.29 is 33.1 Å². The first-order chi connectivity index (χ1) is 20.6. The number of carbonyl (C=O) groups excluding carboxylic acids is 2. The van der Waals surface area contributed by atoms with E-state index < -0.39 is 46.6 Å². The maximum atomic E-state index is 14.6. The average molecular weight is 595 g/mol. The number of amides is 2. The first kappa shape index (κ1) is 29.0. The van der Waals surface area contributed by atoms with Gasteiger partial charge in [0, 0.05) is 36.8 Å². The molecule has 0 aliphatic carbocycles. The first-order valence-corrected chi connectivity index (χ1v) is 14.2. The zero-order valence-electron chi connectivity index (χ0n) is 23.5. The van der Waals surface area contributed by atoms with Crippen LogP contribution in [0.2, 0.25) is 0 Å². The maximum Gasteiger partial charge on any atom is 0.274 e. The number of rotatable bonds is 7. The second kappa shape index (κ2) is 11.2. The molecule has 4 atom stereocenters. The fraction of sp³-hybridized carbons (Fsp3) is 0.387. The number of aromatic nitrogens is 1. The number of nitrogens with two attached hydrogens (primary N) is 1. The molecule has 3 aliphatic rings. The van der Waals surface area contributed by atoms with Gasteiger partial charge in [-0.15, -0.1) is 0 Å². The van der Waals surface area contributed by atoms with E-state index in [2.05, 4.69) is 0 Å². The van der Waals surface area contributed by atoms with Crippen molar-refractivity contribution in [3.8, 4) is 5.75 Å². The minimum absolute atomic E-state index is 0.0116. The van der Waals surface area contributed by atoms with Gasteiger partial charge in [0.2, 0.25) is 5.43 Å². The van der Waals surface area contributed by atoms with Gasteiger partial charge in [-0.1, -0.05) is 36.4 Å². The number of pyridine rings is 1. The summed E-state index contributed by atoms with van der Waals surface area (Å²) in [6.07, 6.45) is 2.61. The van der Waals surface area contributed by atoms with Gasteiger partial charge in [0.05, 0.1) is 25.2 Å². The van der Waals surface area contributed by atoms with Gasteiger partial charge < -0.3 is 25.0 Å². The molecule has 1 aromatic heterocycles. The Labute approximate surface area is 246 Å². The number of ether oxygens (including phenoxy) is 1. The van der Waals surface area contributed by atoms with Crippen LogP contribution < -0.4 is 15.9 Å². The lowest BCUT2D eigenvalue weighted by Gasteiger charge is -2.43. The lowest BCUT2D eigenvalue weighted by molar-refractivity contribution is -0.229. The maximum absolute atomic E-state index is 14.6. The predicted octanol–water partition coefficient (Wildman–Crippen LogP) is 2.92. The van der Waals surface area contributed by atoms with Gasteiger partial charge in [0.15, 0.2) is 11.4 Å². The Hall–Kier alpha value is -4.13. The van der Waals surface area contributed by atoms with Gasteiger partial charge in [0.1, 0.15) is 29.4 Å². The van der Waals surface area contributed by atoms with Gasteiger partial charge >= 0.3 is 0 Å². The number of primary amides is 1. The highest BCUT2D eigenvalue weighted by Gasteiger charge is 2.56. The molecule has 3 N–H and O–H groups in total. The van der Waals surface area contributed by atoms with E-state index in [0.717, 1.165) is 17.7 Å². The fourth-order valence-electron chi connectivity index (χ4n) is 6.50. The molecule has 3 aromatic rings. The summed E-state index contributed by atoms with van der Waals surface area (Å²) in [4.78, 5) is 48.2. The van der Waals surface area contributed by atoms with Crippen molar-refractivity contribution in [3.63, 3.8) is 0 Å². The Morgan fingerprint density at radius 1 is 1.19 bits per heavy atom. The zero-order valence-corrected chi connectivity index (χ0v) is 23.5. The molecule has 10 nitrogen and oxygen atoms in total. The lowest BCUT2D eigenvalue weighted by atomic mass is 9.83. The number of hydrogen-bond donors (Lipinski definition) is 2. The summed E-state index contributed by atoms with van der Waals surface area (Å²) >= 11 is 0. The topological polar surface area (TPSA) is 127 Å². The van der Waals surface area contributed by atoms with Crippen LogP contribution in [0.4, 0.5) is 8.78 Å². The van der Waals surface area contributed by atoms with E-state index in [-0.39, 0.29) is 54.9 Å². The number of hydroxylamine groups is 2. The number of aliphatic hydroxyl groups is 1. The minimum Gasteiger partial charge on any atom is -0.483 e. The second-order valence-electron chi connectivity index (χ2n) is 11.5. The zero-order chi connectivity index (χ0) is 30.5. The summed E-state index contributed by atoms with van der Waals surface area (Å²) in [5.74, 6) is -3.10. The van der Waals surface area contributed by atoms with Crippen molar-refractivity contribution in [1.29, 1.82) is 0 Å². The van der Waals surface area contributed by atoms with Crippen molar-refractivity contribution in [2.45, 2.75) is 63.1 Å². The summed E-state index contributed by atoms with van der Waals surface area (Å²) < 4.78 is 35.7. The number of benzene rings is 2. The smallest absolute Gasteiger partial charge is 0.274 e. The van der Waals surface area contributed by atoms with Crippen molar-refractivity contribution >= 4 is 11.8 Å². The molecular weight excluding hydrogens is 562 g/mol. The van der Waals surface area contributed by atoms with E-state index in [1.807, 2.05) is 37.3 Å². The molecule has 0 unspecified atom stereocenters. The highest BCUT2D eigenvalue weighted by Crippen LogP contribution is 2.49. The molecular formula is C31H32F2N4O6. The minimum atomic E-state index is -1.01. The van der Waals surface area contributed by atoms with Crippen LogP contribution in [0, 0.1) is 11.6 Å². The lowest BCUT2D eigenvalue weighted by Crippen LogP contribution is -2.52. The number of nitrogens with zero attached hydrogens (tertiary/aromatic N) is 3. The van der Waals surface area contributed by atoms with Crippen LogP contribution in [0.5, 0.6) is 5.75 Å². The third kappa shape index (κ3) is 5.09. The SMILES string of the molecule is C[C@@H]1CC[C@]2(C[C@@H](CO)N(Cc3ccc(F)cc3F)O2)[C@H]2CN1C(=O)c1c(OCc3ccccc3)c(=O)c(C(N)=O)cn12. The molecule has 226 valence electrons. The summed E-state index contributed by atoms with van der Waals surface area (Å²) in [7, 11) is 0. The first-order valence-electron chi connectivity index (χ1n) is 14.2. The van der Waals surface area contributed by atoms with E-state index in [9.17, 15) is 28.3 Å². The van der Waals surface area contributed by atoms with E-state index in [4.69, 9.17) is 15.3 Å². The van der Waals surface area contributed by atoms with Gasteiger partial charge in [0.25, 0.3) is 11.8 Å². The average Bonchev–Trinajstić information content (AvgIpc) is 3.29. The predicted molar refractivity (Wildman–Crippen MR) is 150 cm³/mol. The Bertz CT molecular complexity index is 1630. The van der Waals surface area contributed by atoms with Crippen LogP contribution in [0.15, 0.2) is 59.5 Å². The van der Waals surface area contributed by atoms with Crippen molar-refractivity contribution in [1.82, 2.24) is 14.5 Å². The Kier molecular flexibility index (Phi) is 7.53. The van der Waals surface area contributed by atoms with Crippen molar-refractivity contribution in [3.05, 3.63) is 99.0 Å². The van der Waals surface area contributed by atoms with Crippen molar-refractivity contribution in [2.75, 3.05) is 13.2 Å². The number of halogens is 2. The largest absolute Gasteiger partial charge is 0.483 e. The van der Waals surface area contributed by atoms with Crippen LogP contribution in [-0.2, 0) is 18.0 Å². The van der Waals surface area contributed by atoms with Gasteiger partial charge in [-0.3, -0.25) is 19.2 Å². The van der Waals surface area contributed by atoms with Crippen LogP contribution in [0.25, 0.3) is 0 Å². The molecule has 2 saturated heterocycles. The number of fused-ring (bicyclic) bond motifs is 5. The van der Waals surface area contributed by atoms with Crippen molar-refractivity contribution in [2.24, 2.45) is 5.73 Å². The van der Waals surface area contributed by atoms with E-state index in [1.54, 1.807) is 9.47 Å². The molecule has 3 aliphatic heterocycles. The molecule has 0 radical (unpaired) electrons. The third-order valence-corrected chi connectivity index (χ3v) is 8.82.